The summed E-state index contributed by atoms with van der Waals surface area (Å²) in [6.45, 7) is 4.78. The maximum absolute atomic E-state index is 11.2. The Morgan fingerprint density at radius 1 is 1.26 bits per heavy atom. The van der Waals surface area contributed by atoms with Crippen LogP contribution in [0.5, 0.6) is 0 Å². The number of nitrogens with zero attached hydrogens (tertiary/aromatic N) is 1. The van der Waals surface area contributed by atoms with E-state index in [-0.39, 0.29) is 11.8 Å². The van der Waals surface area contributed by atoms with E-state index in [0.717, 1.165) is 31.6 Å². The Morgan fingerprint density at radius 2 is 1.95 bits per heavy atom. The van der Waals surface area contributed by atoms with E-state index in [1.165, 1.54) is 25.9 Å². The first-order chi connectivity index (χ1) is 9.06. The summed E-state index contributed by atoms with van der Waals surface area (Å²) in [4.78, 5) is 13.6. The summed E-state index contributed by atoms with van der Waals surface area (Å²) < 4.78 is 0. The number of rotatable bonds is 4. The van der Waals surface area contributed by atoms with E-state index in [4.69, 9.17) is 5.73 Å². The molecule has 0 bridgehead atoms. The molecule has 1 aliphatic carbocycles. The Bertz CT molecular complexity index is 300. The fourth-order valence-electron chi connectivity index (χ4n) is 3.67. The molecule has 0 spiro atoms. The Balaban J connectivity index is 1.74. The molecule has 0 aromatic heterocycles. The average molecular weight is 267 g/mol. The van der Waals surface area contributed by atoms with E-state index in [9.17, 15) is 4.79 Å². The Morgan fingerprint density at radius 3 is 2.53 bits per heavy atom. The predicted octanol–water partition coefficient (Wildman–Crippen LogP) is 1.35. The lowest BCUT2D eigenvalue weighted by molar-refractivity contribution is -0.122. The largest absolute Gasteiger partial charge is 0.369 e. The third kappa shape index (κ3) is 4.18. The molecule has 1 heterocycles. The Labute approximate surface area is 117 Å². The summed E-state index contributed by atoms with van der Waals surface area (Å²) in [6, 6.07) is 1.16. The molecule has 2 rings (SSSR count). The molecule has 3 N–H and O–H groups in total. The summed E-state index contributed by atoms with van der Waals surface area (Å²) in [5.41, 5.74) is 5.38. The molecule has 2 aliphatic rings. The van der Waals surface area contributed by atoms with Crippen molar-refractivity contribution >= 4 is 5.91 Å². The molecule has 2 unspecified atom stereocenters. The lowest BCUT2D eigenvalue weighted by Crippen LogP contribution is -2.48. The minimum Gasteiger partial charge on any atom is -0.369 e. The number of hydrogen-bond acceptors (Lipinski definition) is 3. The van der Waals surface area contributed by atoms with Gasteiger partial charge in [0.05, 0.1) is 0 Å². The van der Waals surface area contributed by atoms with E-state index in [1.54, 1.807) is 0 Å². The molecular formula is C15H29N3O. The Hall–Kier alpha value is -0.610. The topological polar surface area (TPSA) is 58.4 Å². The van der Waals surface area contributed by atoms with Crippen molar-refractivity contribution in [1.29, 1.82) is 0 Å². The van der Waals surface area contributed by atoms with Crippen molar-refractivity contribution < 1.29 is 4.79 Å². The van der Waals surface area contributed by atoms with Crippen molar-refractivity contribution in [2.45, 2.75) is 57.5 Å². The van der Waals surface area contributed by atoms with Gasteiger partial charge in [-0.05, 0) is 65.0 Å². The zero-order valence-electron chi connectivity index (χ0n) is 12.4. The van der Waals surface area contributed by atoms with E-state index in [1.807, 2.05) is 0 Å². The molecule has 1 amide bonds. The molecule has 0 radical (unpaired) electrons. The van der Waals surface area contributed by atoms with Crippen LogP contribution in [0.2, 0.25) is 0 Å². The SMILES string of the molecule is CC(NC1CCC(C(N)=O)CC1)C1CCCN(C)C1. The van der Waals surface area contributed by atoms with Crippen molar-refractivity contribution in [3.8, 4) is 0 Å². The lowest BCUT2D eigenvalue weighted by Gasteiger charge is -2.37. The highest BCUT2D eigenvalue weighted by Crippen LogP contribution is 2.26. The number of nitrogens with one attached hydrogen (secondary N) is 1. The molecule has 4 nitrogen and oxygen atoms in total. The van der Waals surface area contributed by atoms with Crippen LogP contribution in [0.3, 0.4) is 0 Å². The van der Waals surface area contributed by atoms with Gasteiger partial charge >= 0.3 is 0 Å². The van der Waals surface area contributed by atoms with Gasteiger partial charge in [-0.3, -0.25) is 4.79 Å². The first-order valence-corrected chi connectivity index (χ1v) is 7.80. The summed E-state index contributed by atoms with van der Waals surface area (Å²) in [7, 11) is 2.22. The minimum absolute atomic E-state index is 0.111. The second-order valence-electron chi connectivity index (χ2n) is 6.57. The number of piperidine rings is 1. The molecule has 0 aromatic rings. The fourth-order valence-corrected chi connectivity index (χ4v) is 3.67. The molecule has 110 valence electrons. The maximum Gasteiger partial charge on any atom is 0.220 e. The van der Waals surface area contributed by atoms with Crippen LogP contribution in [0.25, 0.3) is 0 Å². The zero-order chi connectivity index (χ0) is 13.8. The quantitative estimate of drug-likeness (QED) is 0.808. The van der Waals surface area contributed by atoms with Gasteiger partial charge in [-0.15, -0.1) is 0 Å². The van der Waals surface area contributed by atoms with Gasteiger partial charge in [-0.2, -0.15) is 0 Å². The summed E-state index contributed by atoms with van der Waals surface area (Å²) in [5.74, 6) is 0.780. The standard InChI is InChI=1S/C15H29N3O/c1-11(13-4-3-9-18(2)10-13)17-14-7-5-12(6-8-14)15(16)19/h11-14,17H,3-10H2,1-2H3,(H2,16,19). The van der Waals surface area contributed by atoms with Gasteiger partial charge in [0.25, 0.3) is 0 Å². The number of amides is 1. The molecule has 19 heavy (non-hydrogen) atoms. The fraction of sp³-hybridized carbons (Fsp3) is 0.933. The molecule has 2 atom stereocenters. The molecule has 1 saturated carbocycles. The van der Waals surface area contributed by atoms with Gasteiger partial charge in [0.1, 0.15) is 0 Å². The van der Waals surface area contributed by atoms with Crippen LogP contribution >= 0.6 is 0 Å². The number of nitrogens with two attached hydrogens (primary N) is 1. The van der Waals surface area contributed by atoms with Crippen molar-refractivity contribution in [2.24, 2.45) is 17.6 Å². The van der Waals surface area contributed by atoms with Gasteiger partial charge in [0.2, 0.25) is 5.91 Å². The molecule has 1 saturated heterocycles. The number of likely N-dealkylation sites (tertiary alicyclic amines) is 1. The van der Waals surface area contributed by atoms with Crippen molar-refractivity contribution in [3.05, 3.63) is 0 Å². The average Bonchev–Trinajstić information content (AvgIpc) is 2.39. The third-order valence-electron chi connectivity index (χ3n) is 5.00. The van der Waals surface area contributed by atoms with E-state index >= 15 is 0 Å². The lowest BCUT2D eigenvalue weighted by atomic mass is 9.84. The van der Waals surface area contributed by atoms with Crippen LogP contribution in [0.15, 0.2) is 0 Å². The van der Waals surface area contributed by atoms with Crippen molar-refractivity contribution in [3.63, 3.8) is 0 Å². The van der Waals surface area contributed by atoms with Crippen LogP contribution < -0.4 is 11.1 Å². The second-order valence-corrected chi connectivity index (χ2v) is 6.57. The molecular weight excluding hydrogens is 238 g/mol. The predicted molar refractivity (Wildman–Crippen MR) is 77.8 cm³/mol. The minimum atomic E-state index is -0.111. The number of primary amides is 1. The zero-order valence-corrected chi connectivity index (χ0v) is 12.4. The highest BCUT2D eigenvalue weighted by molar-refractivity contribution is 5.76. The molecule has 2 fully saturated rings. The first-order valence-electron chi connectivity index (χ1n) is 7.80. The highest BCUT2D eigenvalue weighted by atomic mass is 16.1. The van der Waals surface area contributed by atoms with Crippen molar-refractivity contribution in [2.75, 3.05) is 20.1 Å². The van der Waals surface area contributed by atoms with Gasteiger partial charge < -0.3 is 16.0 Å². The van der Waals surface area contributed by atoms with E-state index in [0.29, 0.717) is 12.1 Å². The maximum atomic E-state index is 11.2. The number of carbonyl (C=O) groups is 1. The molecule has 0 aromatic carbocycles. The van der Waals surface area contributed by atoms with Gasteiger partial charge in [-0.1, -0.05) is 0 Å². The van der Waals surface area contributed by atoms with Gasteiger partial charge in [0, 0.05) is 24.5 Å². The van der Waals surface area contributed by atoms with Crippen LogP contribution in [0.4, 0.5) is 0 Å². The number of carbonyl (C=O) groups excluding carboxylic acids is 1. The second kappa shape index (κ2) is 6.71. The monoisotopic (exact) mass is 267 g/mol. The van der Waals surface area contributed by atoms with E-state index < -0.39 is 0 Å². The van der Waals surface area contributed by atoms with Gasteiger partial charge in [-0.25, -0.2) is 0 Å². The normalized spacial score (nSPS) is 34.9. The first kappa shape index (κ1) is 14.8. The molecule has 1 aliphatic heterocycles. The van der Waals surface area contributed by atoms with Crippen LogP contribution in [0, 0.1) is 11.8 Å². The van der Waals surface area contributed by atoms with E-state index in [2.05, 4.69) is 24.2 Å². The van der Waals surface area contributed by atoms with Gasteiger partial charge in [0.15, 0.2) is 0 Å². The highest BCUT2D eigenvalue weighted by Gasteiger charge is 2.28. The Kier molecular flexibility index (Phi) is 5.22. The summed E-state index contributed by atoms with van der Waals surface area (Å²) >= 11 is 0. The molecule has 4 heteroatoms. The van der Waals surface area contributed by atoms with Crippen LogP contribution in [0.1, 0.15) is 45.4 Å². The van der Waals surface area contributed by atoms with Crippen molar-refractivity contribution in [1.82, 2.24) is 10.2 Å². The van der Waals surface area contributed by atoms with Crippen LogP contribution in [-0.4, -0.2) is 43.0 Å². The third-order valence-corrected chi connectivity index (χ3v) is 5.00. The summed E-state index contributed by atoms with van der Waals surface area (Å²) in [6.07, 6.45) is 6.78. The number of hydrogen-bond donors (Lipinski definition) is 2. The smallest absolute Gasteiger partial charge is 0.220 e. The summed E-state index contributed by atoms with van der Waals surface area (Å²) in [5, 5.41) is 3.79. The van der Waals surface area contributed by atoms with Crippen LogP contribution in [-0.2, 0) is 4.79 Å².